The second kappa shape index (κ2) is 12.5. The lowest BCUT2D eigenvalue weighted by Gasteiger charge is -2.06. The molecule has 0 N–H and O–H groups in total. The Balaban J connectivity index is 2.08. The van der Waals surface area contributed by atoms with E-state index in [9.17, 15) is 0 Å². The smallest absolute Gasteiger partial charge is 0.0228 e. The molecule has 1 rings (SSSR count). The van der Waals surface area contributed by atoms with Gasteiger partial charge >= 0.3 is 0 Å². The molecule has 0 heteroatoms. The Bertz CT molecular complexity index is 414. The summed E-state index contributed by atoms with van der Waals surface area (Å²) in [4.78, 5) is 0. The van der Waals surface area contributed by atoms with Crippen molar-refractivity contribution >= 4 is 6.08 Å². The maximum absolute atomic E-state index is 2.36. The number of hydrogen-bond donors (Lipinski definition) is 0. The van der Waals surface area contributed by atoms with Crippen LogP contribution in [0, 0.1) is 6.92 Å². The van der Waals surface area contributed by atoms with E-state index in [1.165, 1.54) is 87.3 Å². The molecule has 1 aromatic rings. The fourth-order valence-corrected chi connectivity index (χ4v) is 3.02. The third kappa shape index (κ3) is 8.41. The van der Waals surface area contributed by atoms with Crippen LogP contribution >= 0.6 is 0 Å². The van der Waals surface area contributed by atoms with Crippen LogP contribution in [0.25, 0.3) is 6.08 Å². The standard InChI is InChI=1S/C22H36/c1-4-6-7-8-9-10-11-12-13-14-16-21-18-17-20(3)22(19-21)15-5-2/h5,15,17-19H,4,6-14,16H2,1-3H3/b15-5+. The van der Waals surface area contributed by atoms with Crippen molar-refractivity contribution in [2.75, 3.05) is 0 Å². The van der Waals surface area contributed by atoms with Gasteiger partial charge in [-0.3, -0.25) is 0 Å². The van der Waals surface area contributed by atoms with Crippen molar-refractivity contribution in [2.24, 2.45) is 0 Å². The molecule has 1 aromatic carbocycles. The van der Waals surface area contributed by atoms with Crippen LogP contribution in [-0.4, -0.2) is 0 Å². The molecule has 0 aromatic heterocycles. The van der Waals surface area contributed by atoms with Crippen LogP contribution in [0.3, 0.4) is 0 Å². The highest BCUT2D eigenvalue weighted by Gasteiger charge is 1.98. The summed E-state index contributed by atoms with van der Waals surface area (Å²) in [6.45, 7) is 6.57. The molecule has 0 saturated heterocycles. The van der Waals surface area contributed by atoms with Gasteiger partial charge in [0.15, 0.2) is 0 Å². The molecule has 0 aliphatic carbocycles. The summed E-state index contributed by atoms with van der Waals surface area (Å²) in [7, 11) is 0. The molecule has 0 unspecified atom stereocenters. The normalized spacial score (nSPS) is 11.4. The van der Waals surface area contributed by atoms with Crippen molar-refractivity contribution in [3.8, 4) is 0 Å². The molecule has 0 aliphatic heterocycles. The highest BCUT2D eigenvalue weighted by atomic mass is 14.0. The largest absolute Gasteiger partial charge is 0.0871 e. The summed E-state index contributed by atoms with van der Waals surface area (Å²) in [6.07, 6.45) is 19.7. The Labute approximate surface area is 139 Å². The third-order valence-electron chi connectivity index (χ3n) is 4.51. The Morgan fingerprint density at radius 1 is 0.818 bits per heavy atom. The van der Waals surface area contributed by atoms with E-state index in [4.69, 9.17) is 0 Å². The molecule has 0 aliphatic rings. The van der Waals surface area contributed by atoms with E-state index < -0.39 is 0 Å². The van der Waals surface area contributed by atoms with Gasteiger partial charge in [-0.05, 0) is 43.4 Å². The second-order valence-electron chi connectivity index (χ2n) is 6.62. The van der Waals surface area contributed by atoms with Gasteiger partial charge in [-0.2, -0.15) is 0 Å². The van der Waals surface area contributed by atoms with E-state index in [2.05, 4.69) is 51.1 Å². The predicted molar refractivity (Wildman–Crippen MR) is 101 cm³/mol. The van der Waals surface area contributed by atoms with Gasteiger partial charge in [0, 0.05) is 0 Å². The van der Waals surface area contributed by atoms with Gasteiger partial charge in [0.25, 0.3) is 0 Å². The average molecular weight is 301 g/mol. The van der Waals surface area contributed by atoms with Crippen LogP contribution in [0.1, 0.15) is 94.7 Å². The fourth-order valence-electron chi connectivity index (χ4n) is 3.02. The molecule has 0 amide bonds. The van der Waals surface area contributed by atoms with Gasteiger partial charge in [0.05, 0.1) is 0 Å². The van der Waals surface area contributed by atoms with Crippen molar-refractivity contribution in [2.45, 2.75) is 91.4 Å². The maximum Gasteiger partial charge on any atom is -0.0228 e. The molecular weight excluding hydrogens is 264 g/mol. The third-order valence-corrected chi connectivity index (χ3v) is 4.51. The van der Waals surface area contributed by atoms with Crippen LogP contribution in [0.4, 0.5) is 0 Å². The van der Waals surface area contributed by atoms with E-state index >= 15 is 0 Å². The summed E-state index contributed by atoms with van der Waals surface area (Å²) in [5.74, 6) is 0. The first-order valence-corrected chi connectivity index (χ1v) is 9.50. The van der Waals surface area contributed by atoms with Crippen LogP contribution < -0.4 is 0 Å². The minimum Gasteiger partial charge on any atom is -0.0871 e. The molecule has 0 spiro atoms. The Morgan fingerprint density at radius 3 is 2.00 bits per heavy atom. The van der Waals surface area contributed by atoms with Crippen LogP contribution in [-0.2, 0) is 6.42 Å². The first-order valence-electron chi connectivity index (χ1n) is 9.50. The fraction of sp³-hybridized carbons (Fsp3) is 0.636. The number of rotatable bonds is 12. The van der Waals surface area contributed by atoms with Crippen molar-refractivity contribution in [3.63, 3.8) is 0 Å². The number of hydrogen-bond acceptors (Lipinski definition) is 0. The molecule has 0 radical (unpaired) electrons. The van der Waals surface area contributed by atoms with Crippen molar-refractivity contribution < 1.29 is 0 Å². The van der Waals surface area contributed by atoms with Gasteiger partial charge in [-0.25, -0.2) is 0 Å². The summed E-state index contributed by atoms with van der Waals surface area (Å²) in [6, 6.07) is 6.93. The van der Waals surface area contributed by atoms with Gasteiger partial charge in [0.1, 0.15) is 0 Å². The number of unbranched alkanes of at least 4 members (excludes halogenated alkanes) is 9. The SMILES string of the molecule is C/C=C/c1cc(CCCCCCCCCCCC)ccc1C. The zero-order valence-corrected chi connectivity index (χ0v) is 15.2. The lowest BCUT2D eigenvalue weighted by molar-refractivity contribution is 0.556. The minimum atomic E-state index is 1.24. The van der Waals surface area contributed by atoms with E-state index in [0.717, 1.165) is 0 Å². The van der Waals surface area contributed by atoms with Crippen LogP contribution in [0.15, 0.2) is 24.3 Å². The average Bonchev–Trinajstić information content (AvgIpc) is 2.52. The van der Waals surface area contributed by atoms with Crippen molar-refractivity contribution in [3.05, 3.63) is 41.0 Å². The molecular formula is C22H36. The molecule has 0 atom stereocenters. The number of allylic oxidation sites excluding steroid dienone is 1. The molecule has 0 heterocycles. The molecule has 0 saturated carbocycles. The minimum absolute atomic E-state index is 1.24. The second-order valence-corrected chi connectivity index (χ2v) is 6.62. The Morgan fingerprint density at radius 2 is 1.41 bits per heavy atom. The number of aryl methyl sites for hydroxylation is 2. The predicted octanol–water partition coefficient (Wildman–Crippen LogP) is 7.49. The van der Waals surface area contributed by atoms with Gasteiger partial charge < -0.3 is 0 Å². The maximum atomic E-state index is 2.36. The van der Waals surface area contributed by atoms with E-state index in [0.29, 0.717) is 0 Å². The summed E-state index contributed by atoms with van der Waals surface area (Å²) >= 11 is 0. The zero-order valence-electron chi connectivity index (χ0n) is 15.2. The van der Waals surface area contributed by atoms with E-state index in [-0.39, 0.29) is 0 Å². The van der Waals surface area contributed by atoms with Gasteiger partial charge in [0.2, 0.25) is 0 Å². The van der Waals surface area contributed by atoms with Gasteiger partial charge in [-0.15, -0.1) is 0 Å². The lowest BCUT2D eigenvalue weighted by atomic mass is 10.00. The quantitative estimate of drug-likeness (QED) is 0.351. The van der Waals surface area contributed by atoms with Crippen LogP contribution in [0.5, 0.6) is 0 Å². The van der Waals surface area contributed by atoms with E-state index in [1.54, 1.807) is 0 Å². The lowest BCUT2D eigenvalue weighted by Crippen LogP contribution is -1.89. The Kier molecular flexibility index (Phi) is 10.8. The molecule has 124 valence electrons. The van der Waals surface area contributed by atoms with Crippen LogP contribution in [0.2, 0.25) is 0 Å². The first-order chi connectivity index (χ1) is 10.8. The molecule has 22 heavy (non-hydrogen) atoms. The zero-order chi connectivity index (χ0) is 16.0. The molecule has 0 bridgehead atoms. The highest BCUT2D eigenvalue weighted by molar-refractivity contribution is 5.54. The topological polar surface area (TPSA) is 0 Å². The van der Waals surface area contributed by atoms with Crippen molar-refractivity contribution in [1.29, 1.82) is 0 Å². The van der Waals surface area contributed by atoms with Gasteiger partial charge in [-0.1, -0.05) is 95.1 Å². The summed E-state index contributed by atoms with van der Waals surface area (Å²) < 4.78 is 0. The monoisotopic (exact) mass is 300 g/mol. The Hall–Kier alpha value is -1.04. The summed E-state index contributed by atoms with van der Waals surface area (Å²) in [5, 5.41) is 0. The molecule has 0 fully saturated rings. The summed E-state index contributed by atoms with van der Waals surface area (Å²) in [5.41, 5.74) is 4.26. The van der Waals surface area contributed by atoms with E-state index in [1.807, 2.05) is 0 Å². The number of benzene rings is 1. The first kappa shape index (κ1) is 19.0. The molecule has 0 nitrogen and oxygen atoms in total. The highest BCUT2D eigenvalue weighted by Crippen LogP contribution is 2.16. The van der Waals surface area contributed by atoms with Crippen molar-refractivity contribution in [1.82, 2.24) is 0 Å².